The molecule has 2 N–H and O–H groups in total. The maximum atomic E-state index is 12.6. The van der Waals surface area contributed by atoms with Crippen molar-refractivity contribution in [2.45, 2.75) is 57.9 Å². The third-order valence-corrected chi connectivity index (χ3v) is 4.61. The van der Waals surface area contributed by atoms with Crippen molar-refractivity contribution in [3.05, 3.63) is 0 Å². The molecule has 1 aliphatic carbocycles. The van der Waals surface area contributed by atoms with Gasteiger partial charge in [-0.05, 0) is 31.6 Å². The minimum atomic E-state index is 0.280. The highest BCUT2D eigenvalue weighted by molar-refractivity contribution is 5.79. The topological polar surface area (TPSA) is 46.3 Å². The van der Waals surface area contributed by atoms with Crippen LogP contribution in [0.15, 0.2) is 0 Å². The normalized spacial score (nSPS) is 34.7. The summed E-state index contributed by atoms with van der Waals surface area (Å²) in [6.45, 7) is 3.79. The first kappa shape index (κ1) is 12.9. The molecule has 98 valence electrons. The Balaban J connectivity index is 2.04. The fourth-order valence-corrected chi connectivity index (χ4v) is 3.44. The van der Waals surface area contributed by atoms with Crippen molar-refractivity contribution >= 4 is 5.91 Å². The average molecular weight is 238 g/mol. The van der Waals surface area contributed by atoms with E-state index in [1.807, 2.05) is 0 Å². The molecule has 3 nitrogen and oxygen atoms in total. The van der Waals surface area contributed by atoms with Crippen LogP contribution in [0.25, 0.3) is 0 Å². The molecular weight excluding hydrogens is 212 g/mol. The standard InChI is InChI=1S/C14H26N2O/c1-11-6-5-8-13(11)14(17)16-9-4-2-3-7-12(16)10-15/h11-13H,2-10,15H2,1H3. The summed E-state index contributed by atoms with van der Waals surface area (Å²) in [5.41, 5.74) is 5.84. The Labute approximate surface area is 105 Å². The molecule has 2 rings (SSSR count). The van der Waals surface area contributed by atoms with Crippen LogP contribution < -0.4 is 5.73 Å². The molecule has 2 aliphatic rings. The SMILES string of the molecule is CC1CCCC1C(=O)N1CCCCCC1CN. The summed E-state index contributed by atoms with van der Waals surface area (Å²) in [7, 11) is 0. The molecule has 1 aliphatic heterocycles. The molecule has 0 aromatic rings. The highest BCUT2D eigenvalue weighted by atomic mass is 16.2. The van der Waals surface area contributed by atoms with Crippen molar-refractivity contribution in [1.82, 2.24) is 4.90 Å². The van der Waals surface area contributed by atoms with Gasteiger partial charge in [-0.1, -0.05) is 26.2 Å². The number of amides is 1. The summed E-state index contributed by atoms with van der Waals surface area (Å²) in [4.78, 5) is 14.7. The summed E-state index contributed by atoms with van der Waals surface area (Å²) in [6.07, 6.45) is 8.27. The maximum Gasteiger partial charge on any atom is 0.226 e. The lowest BCUT2D eigenvalue weighted by atomic mass is 9.95. The van der Waals surface area contributed by atoms with E-state index in [0.29, 0.717) is 24.4 Å². The molecule has 3 atom stereocenters. The average Bonchev–Trinajstić information content (AvgIpc) is 2.64. The number of carbonyl (C=O) groups is 1. The predicted octanol–water partition coefficient (Wildman–Crippen LogP) is 2.15. The molecule has 3 unspecified atom stereocenters. The zero-order valence-corrected chi connectivity index (χ0v) is 11.0. The van der Waals surface area contributed by atoms with E-state index >= 15 is 0 Å². The number of nitrogens with zero attached hydrogens (tertiary/aromatic N) is 1. The smallest absolute Gasteiger partial charge is 0.226 e. The van der Waals surface area contributed by atoms with Gasteiger partial charge in [0.05, 0.1) is 0 Å². The van der Waals surface area contributed by atoms with Gasteiger partial charge in [0.1, 0.15) is 0 Å². The summed E-state index contributed by atoms with van der Waals surface area (Å²) >= 11 is 0. The highest BCUT2D eigenvalue weighted by Crippen LogP contribution is 2.33. The lowest BCUT2D eigenvalue weighted by Crippen LogP contribution is -2.47. The second kappa shape index (κ2) is 5.85. The molecule has 0 aromatic heterocycles. The van der Waals surface area contributed by atoms with Crippen molar-refractivity contribution in [2.24, 2.45) is 17.6 Å². The maximum absolute atomic E-state index is 12.6. The van der Waals surface area contributed by atoms with Gasteiger partial charge in [0.2, 0.25) is 5.91 Å². The van der Waals surface area contributed by atoms with E-state index in [-0.39, 0.29) is 5.92 Å². The lowest BCUT2D eigenvalue weighted by molar-refractivity contribution is -0.138. The third kappa shape index (κ3) is 2.82. The Morgan fingerprint density at radius 3 is 2.65 bits per heavy atom. The first-order valence-electron chi connectivity index (χ1n) is 7.24. The van der Waals surface area contributed by atoms with Crippen LogP contribution in [-0.4, -0.2) is 29.9 Å². The fraction of sp³-hybridized carbons (Fsp3) is 0.929. The summed E-state index contributed by atoms with van der Waals surface area (Å²) in [5, 5.41) is 0. The van der Waals surface area contributed by atoms with Gasteiger partial charge >= 0.3 is 0 Å². The minimum absolute atomic E-state index is 0.280. The van der Waals surface area contributed by atoms with Crippen LogP contribution in [0.3, 0.4) is 0 Å². The van der Waals surface area contributed by atoms with Crippen LogP contribution in [0.5, 0.6) is 0 Å². The van der Waals surface area contributed by atoms with Crippen molar-refractivity contribution in [3.8, 4) is 0 Å². The monoisotopic (exact) mass is 238 g/mol. The molecule has 1 saturated carbocycles. The van der Waals surface area contributed by atoms with E-state index in [0.717, 1.165) is 25.8 Å². The summed E-state index contributed by atoms with van der Waals surface area (Å²) in [5.74, 6) is 1.25. The molecule has 2 fully saturated rings. The highest BCUT2D eigenvalue weighted by Gasteiger charge is 2.35. The van der Waals surface area contributed by atoms with Crippen molar-refractivity contribution in [2.75, 3.05) is 13.1 Å². The van der Waals surface area contributed by atoms with E-state index < -0.39 is 0 Å². The second-order valence-electron chi connectivity index (χ2n) is 5.79. The number of hydrogen-bond acceptors (Lipinski definition) is 2. The summed E-state index contributed by atoms with van der Waals surface area (Å²) < 4.78 is 0. The Morgan fingerprint density at radius 2 is 2.00 bits per heavy atom. The van der Waals surface area contributed by atoms with Gasteiger partial charge in [-0.25, -0.2) is 0 Å². The molecule has 3 heteroatoms. The van der Waals surface area contributed by atoms with Gasteiger partial charge in [-0.15, -0.1) is 0 Å². The van der Waals surface area contributed by atoms with Crippen LogP contribution in [-0.2, 0) is 4.79 Å². The first-order valence-corrected chi connectivity index (χ1v) is 7.24. The van der Waals surface area contributed by atoms with Gasteiger partial charge < -0.3 is 10.6 Å². The Bertz CT molecular complexity index is 267. The number of hydrogen-bond donors (Lipinski definition) is 1. The zero-order chi connectivity index (χ0) is 12.3. The molecular formula is C14H26N2O. The molecule has 0 bridgehead atoms. The quantitative estimate of drug-likeness (QED) is 0.801. The van der Waals surface area contributed by atoms with E-state index in [2.05, 4.69) is 11.8 Å². The fourth-order valence-electron chi connectivity index (χ4n) is 3.44. The van der Waals surface area contributed by atoms with E-state index in [4.69, 9.17) is 5.73 Å². The van der Waals surface area contributed by atoms with Gasteiger partial charge in [-0.3, -0.25) is 4.79 Å². The number of carbonyl (C=O) groups excluding carboxylic acids is 1. The molecule has 1 heterocycles. The van der Waals surface area contributed by atoms with Gasteiger partial charge in [0.25, 0.3) is 0 Å². The van der Waals surface area contributed by atoms with Crippen molar-refractivity contribution in [1.29, 1.82) is 0 Å². The van der Waals surface area contributed by atoms with E-state index in [1.54, 1.807) is 0 Å². The van der Waals surface area contributed by atoms with E-state index in [1.165, 1.54) is 25.7 Å². The van der Waals surface area contributed by atoms with Gasteiger partial charge in [0.15, 0.2) is 0 Å². The number of rotatable bonds is 2. The lowest BCUT2D eigenvalue weighted by Gasteiger charge is -2.32. The minimum Gasteiger partial charge on any atom is -0.338 e. The van der Waals surface area contributed by atoms with Gasteiger partial charge in [0, 0.05) is 25.0 Å². The molecule has 17 heavy (non-hydrogen) atoms. The third-order valence-electron chi connectivity index (χ3n) is 4.61. The molecule has 0 aromatic carbocycles. The van der Waals surface area contributed by atoms with Crippen LogP contribution in [0, 0.1) is 11.8 Å². The van der Waals surface area contributed by atoms with Crippen LogP contribution >= 0.6 is 0 Å². The Hall–Kier alpha value is -0.570. The zero-order valence-electron chi connectivity index (χ0n) is 11.0. The molecule has 1 amide bonds. The summed E-state index contributed by atoms with van der Waals surface area (Å²) in [6, 6.07) is 0.304. The number of likely N-dealkylation sites (tertiary alicyclic amines) is 1. The first-order chi connectivity index (χ1) is 8.24. The van der Waals surface area contributed by atoms with E-state index in [9.17, 15) is 4.79 Å². The largest absolute Gasteiger partial charge is 0.338 e. The molecule has 1 saturated heterocycles. The van der Waals surface area contributed by atoms with Crippen LogP contribution in [0.4, 0.5) is 0 Å². The Morgan fingerprint density at radius 1 is 1.18 bits per heavy atom. The second-order valence-corrected chi connectivity index (χ2v) is 5.79. The molecule has 0 radical (unpaired) electrons. The van der Waals surface area contributed by atoms with Crippen LogP contribution in [0.1, 0.15) is 51.9 Å². The van der Waals surface area contributed by atoms with Crippen molar-refractivity contribution < 1.29 is 4.79 Å². The van der Waals surface area contributed by atoms with Crippen molar-refractivity contribution in [3.63, 3.8) is 0 Å². The Kier molecular flexibility index (Phi) is 4.43. The van der Waals surface area contributed by atoms with Crippen LogP contribution in [0.2, 0.25) is 0 Å². The predicted molar refractivity (Wildman–Crippen MR) is 69.5 cm³/mol. The van der Waals surface area contributed by atoms with Gasteiger partial charge in [-0.2, -0.15) is 0 Å². The number of nitrogens with two attached hydrogens (primary N) is 1. The molecule has 0 spiro atoms.